The average Bonchev–Trinajstić information content (AvgIpc) is 2.76. The quantitative estimate of drug-likeness (QED) is 0.626. The molecule has 1 amide bonds. The smallest absolute Gasteiger partial charge is 0.273 e. The number of anilines is 1. The Bertz CT molecular complexity index is 944. The van der Waals surface area contributed by atoms with Crippen LogP contribution in [-0.2, 0) is 13.1 Å². The maximum atomic E-state index is 13.1. The van der Waals surface area contributed by atoms with Gasteiger partial charge in [0, 0.05) is 30.8 Å². The number of nitrogens with one attached hydrogen (secondary N) is 1. The van der Waals surface area contributed by atoms with Gasteiger partial charge in [-0.05, 0) is 25.5 Å². The molecular formula is C23H26N4O2. The fourth-order valence-electron chi connectivity index (χ4n) is 3.02. The molecule has 0 spiro atoms. The first kappa shape index (κ1) is 20.3. The molecule has 29 heavy (non-hydrogen) atoms. The van der Waals surface area contributed by atoms with Gasteiger partial charge in [-0.25, -0.2) is 9.97 Å². The summed E-state index contributed by atoms with van der Waals surface area (Å²) >= 11 is 0. The van der Waals surface area contributed by atoms with Crippen LogP contribution < -0.4 is 10.1 Å². The summed E-state index contributed by atoms with van der Waals surface area (Å²) in [6.45, 7) is 5.07. The van der Waals surface area contributed by atoms with Crippen LogP contribution in [0.3, 0.4) is 0 Å². The highest BCUT2D eigenvalue weighted by molar-refractivity contribution is 5.93. The summed E-state index contributed by atoms with van der Waals surface area (Å²) in [4.78, 5) is 23.4. The largest absolute Gasteiger partial charge is 0.496 e. The molecule has 1 aromatic heterocycles. The van der Waals surface area contributed by atoms with Crippen molar-refractivity contribution >= 4 is 11.7 Å². The first-order valence-electron chi connectivity index (χ1n) is 9.61. The SMILES string of the molecule is COc1ccccc1CNc1cc(C(=O)N(Cc2ccccc2)C(C)C)ncn1. The molecule has 0 aliphatic carbocycles. The van der Waals surface area contributed by atoms with Crippen LogP contribution in [0.2, 0.25) is 0 Å². The third-order valence-corrected chi connectivity index (χ3v) is 4.62. The maximum absolute atomic E-state index is 13.1. The Hall–Kier alpha value is -3.41. The molecule has 0 atom stereocenters. The molecular weight excluding hydrogens is 364 g/mol. The first-order chi connectivity index (χ1) is 14.1. The van der Waals surface area contributed by atoms with Crippen molar-refractivity contribution in [2.75, 3.05) is 12.4 Å². The van der Waals surface area contributed by atoms with Gasteiger partial charge < -0.3 is 15.0 Å². The first-order valence-corrected chi connectivity index (χ1v) is 9.61. The number of hydrogen-bond donors (Lipinski definition) is 1. The number of methoxy groups -OCH3 is 1. The van der Waals surface area contributed by atoms with Crippen molar-refractivity contribution in [1.29, 1.82) is 0 Å². The number of hydrogen-bond acceptors (Lipinski definition) is 5. The van der Waals surface area contributed by atoms with Crippen molar-refractivity contribution in [3.63, 3.8) is 0 Å². The van der Waals surface area contributed by atoms with Gasteiger partial charge in [-0.3, -0.25) is 4.79 Å². The number of benzene rings is 2. The van der Waals surface area contributed by atoms with E-state index in [1.165, 1.54) is 6.33 Å². The fraction of sp³-hybridized carbons (Fsp3) is 0.261. The molecule has 0 bridgehead atoms. The minimum Gasteiger partial charge on any atom is -0.496 e. The molecule has 6 nitrogen and oxygen atoms in total. The average molecular weight is 390 g/mol. The van der Waals surface area contributed by atoms with Gasteiger partial charge in [-0.15, -0.1) is 0 Å². The predicted octanol–water partition coefficient (Wildman–Crippen LogP) is 4.15. The zero-order valence-corrected chi connectivity index (χ0v) is 17.0. The number of amides is 1. The van der Waals surface area contributed by atoms with E-state index in [9.17, 15) is 4.79 Å². The van der Waals surface area contributed by atoms with Gasteiger partial charge in [-0.2, -0.15) is 0 Å². The molecule has 0 aliphatic heterocycles. The van der Waals surface area contributed by atoms with Crippen LogP contribution in [0.15, 0.2) is 67.0 Å². The number of para-hydroxylation sites is 1. The van der Waals surface area contributed by atoms with Crippen molar-refractivity contribution in [3.05, 3.63) is 83.8 Å². The Morgan fingerprint density at radius 1 is 1.07 bits per heavy atom. The Morgan fingerprint density at radius 3 is 2.52 bits per heavy atom. The topological polar surface area (TPSA) is 67.3 Å². The monoisotopic (exact) mass is 390 g/mol. The van der Waals surface area contributed by atoms with Crippen LogP contribution in [0.25, 0.3) is 0 Å². The molecule has 150 valence electrons. The lowest BCUT2D eigenvalue weighted by Gasteiger charge is -2.26. The Labute approximate surface area is 171 Å². The predicted molar refractivity (Wildman–Crippen MR) is 114 cm³/mol. The molecule has 0 fully saturated rings. The van der Waals surface area contributed by atoms with E-state index >= 15 is 0 Å². The van der Waals surface area contributed by atoms with E-state index in [0.717, 1.165) is 16.9 Å². The Morgan fingerprint density at radius 2 is 1.79 bits per heavy atom. The third-order valence-electron chi connectivity index (χ3n) is 4.62. The highest BCUT2D eigenvalue weighted by Gasteiger charge is 2.21. The second-order valence-electron chi connectivity index (χ2n) is 6.97. The second-order valence-corrected chi connectivity index (χ2v) is 6.97. The van der Waals surface area contributed by atoms with Crippen LogP contribution in [0.4, 0.5) is 5.82 Å². The third kappa shape index (κ3) is 5.31. The summed E-state index contributed by atoms with van der Waals surface area (Å²) in [6.07, 6.45) is 1.42. The molecule has 0 saturated carbocycles. The number of ether oxygens (including phenoxy) is 1. The molecule has 0 saturated heterocycles. The van der Waals surface area contributed by atoms with Gasteiger partial charge in [0.25, 0.3) is 5.91 Å². The standard InChI is InChI=1S/C23H26N4O2/c1-17(2)27(15-18-9-5-4-6-10-18)23(28)20-13-22(26-16-25-20)24-14-19-11-7-8-12-21(19)29-3/h4-13,16-17H,14-15H2,1-3H3,(H,24,25,26). The van der Waals surface area contributed by atoms with Crippen LogP contribution in [0.5, 0.6) is 5.75 Å². The molecule has 2 aromatic carbocycles. The molecule has 6 heteroatoms. The molecule has 3 aromatic rings. The van der Waals surface area contributed by atoms with E-state index in [-0.39, 0.29) is 11.9 Å². The summed E-state index contributed by atoms with van der Waals surface area (Å²) in [6, 6.07) is 19.5. The van der Waals surface area contributed by atoms with Crippen molar-refractivity contribution in [2.24, 2.45) is 0 Å². The van der Waals surface area contributed by atoms with E-state index in [1.54, 1.807) is 13.2 Å². The Kier molecular flexibility index (Phi) is 6.79. The zero-order valence-electron chi connectivity index (χ0n) is 17.0. The molecule has 0 unspecified atom stereocenters. The summed E-state index contributed by atoms with van der Waals surface area (Å²) < 4.78 is 5.38. The number of nitrogens with zero attached hydrogens (tertiary/aromatic N) is 3. The minimum absolute atomic E-state index is 0.0441. The molecule has 0 aliphatic rings. The van der Waals surface area contributed by atoms with Crippen molar-refractivity contribution in [3.8, 4) is 5.75 Å². The van der Waals surface area contributed by atoms with Crippen LogP contribution >= 0.6 is 0 Å². The summed E-state index contributed by atoms with van der Waals surface area (Å²) in [7, 11) is 1.65. The van der Waals surface area contributed by atoms with Gasteiger partial charge >= 0.3 is 0 Å². The van der Waals surface area contributed by atoms with Crippen LogP contribution in [0.1, 0.15) is 35.5 Å². The number of carbonyl (C=O) groups is 1. The van der Waals surface area contributed by atoms with Gasteiger partial charge in [0.05, 0.1) is 7.11 Å². The normalized spacial score (nSPS) is 10.6. The van der Waals surface area contributed by atoms with Gasteiger partial charge in [0.2, 0.25) is 0 Å². The fourth-order valence-corrected chi connectivity index (χ4v) is 3.02. The number of rotatable bonds is 8. The summed E-state index contributed by atoms with van der Waals surface area (Å²) in [5.41, 5.74) is 2.46. The van der Waals surface area contributed by atoms with Gasteiger partial charge in [0.1, 0.15) is 23.6 Å². The van der Waals surface area contributed by atoms with Crippen molar-refractivity contribution < 1.29 is 9.53 Å². The Balaban J connectivity index is 1.73. The van der Waals surface area contributed by atoms with E-state index in [4.69, 9.17) is 4.74 Å². The lowest BCUT2D eigenvalue weighted by molar-refractivity contribution is 0.0684. The van der Waals surface area contributed by atoms with Crippen LogP contribution in [0, 0.1) is 0 Å². The number of carbonyl (C=O) groups excluding carboxylic acids is 1. The second kappa shape index (κ2) is 9.68. The highest BCUT2D eigenvalue weighted by Crippen LogP contribution is 2.19. The lowest BCUT2D eigenvalue weighted by atomic mass is 10.1. The number of aromatic nitrogens is 2. The zero-order chi connectivity index (χ0) is 20.6. The molecule has 1 N–H and O–H groups in total. The van der Waals surface area contributed by atoms with E-state index < -0.39 is 0 Å². The maximum Gasteiger partial charge on any atom is 0.273 e. The molecule has 0 radical (unpaired) electrons. The van der Waals surface area contributed by atoms with E-state index in [0.29, 0.717) is 24.6 Å². The molecule has 3 rings (SSSR count). The highest BCUT2D eigenvalue weighted by atomic mass is 16.5. The van der Waals surface area contributed by atoms with Crippen molar-refractivity contribution in [2.45, 2.75) is 33.0 Å². The molecule has 1 heterocycles. The van der Waals surface area contributed by atoms with Gasteiger partial charge in [-0.1, -0.05) is 48.5 Å². The van der Waals surface area contributed by atoms with E-state index in [1.807, 2.05) is 73.3 Å². The minimum atomic E-state index is -0.119. The van der Waals surface area contributed by atoms with Gasteiger partial charge in [0.15, 0.2) is 0 Å². The summed E-state index contributed by atoms with van der Waals surface area (Å²) in [5.74, 6) is 1.28. The van der Waals surface area contributed by atoms with E-state index in [2.05, 4.69) is 15.3 Å². The van der Waals surface area contributed by atoms with Crippen LogP contribution in [-0.4, -0.2) is 33.9 Å². The van der Waals surface area contributed by atoms with Crippen molar-refractivity contribution in [1.82, 2.24) is 14.9 Å². The lowest BCUT2D eigenvalue weighted by Crippen LogP contribution is -2.36. The summed E-state index contributed by atoms with van der Waals surface area (Å²) in [5, 5.41) is 3.25.